The normalized spacial score (nSPS) is 29.2. The summed E-state index contributed by atoms with van der Waals surface area (Å²) in [5.74, 6) is 0.00446. The third-order valence-electron chi connectivity index (χ3n) is 8.15. The van der Waals surface area contributed by atoms with Crippen LogP contribution in [0.5, 0.6) is 0 Å². The molecule has 5 nitrogen and oxygen atoms in total. The fourth-order valence-electron chi connectivity index (χ4n) is 6.33. The van der Waals surface area contributed by atoms with Crippen LogP contribution in [0.25, 0.3) is 0 Å². The lowest BCUT2D eigenvalue weighted by atomic mass is 9.67. The Balaban J connectivity index is 1.58. The molecule has 1 saturated heterocycles. The number of hydrazine groups is 1. The molecule has 2 aromatic rings. The molecule has 160 valence electrons. The lowest BCUT2D eigenvalue weighted by Gasteiger charge is -2.35. The second-order valence-electron chi connectivity index (χ2n) is 9.62. The van der Waals surface area contributed by atoms with Gasteiger partial charge in [-0.2, -0.15) is 0 Å². The number of nitrogens with zero attached hydrogens (tertiary/aromatic N) is 2. The maximum Gasteiger partial charge on any atom is 0.271 e. The van der Waals surface area contributed by atoms with Crippen molar-refractivity contribution in [3.8, 4) is 0 Å². The number of hydrogen-bond donors (Lipinski definition) is 1. The van der Waals surface area contributed by atoms with Crippen molar-refractivity contribution in [2.24, 2.45) is 16.7 Å². The van der Waals surface area contributed by atoms with Crippen molar-refractivity contribution < 1.29 is 14.7 Å². The number of rotatable bonds is 4. The Morgan fingerprint density at radius 1 is 1.10 bits per heavy atom. The Bertz CT molecular complexity index is 1050. The summed E-state index contributed by atoms with van der Waals surface area (Å²) in [7, 11) is 0. The number of aliphatic hydroxyl groups excluding tert-OH is 1. The van der Waals surface area contributed by atoms with Gasteiger partial charge in [0.2, 0.25) is 0 Å². The summed E-state index contributed by atoms with van der Waals surface area (Å²) in [4.78, 5) is 27.8. The molecule has 31 heavy (non-hydrogen) atoms. The molecular formula is C26H28N2O3. The second kappa shape index (κ2) is 6.79. The first kappa shape index (κ1) is 20.0. The minimum Gasteiger partial charge on any atom is -0.383 e. The molecule has 0 aromatic heterocycles. The number of anilines is 1. The Labute approximate surface area is 182 Å². The van der Waals surface area contributed by atoms with Gasteiger partial charge in [-0.25, -0.2) is 10.0 Å². The monoisotopic (exact) mass is 416 g/mol. The van der Waals surface area contributed by atoms with Crippen LogP contribution >= 0.6 is 0 Å². The zero-order valence-electron chi connectivity index (χ0n) is 18.0. The first-order valence-corrected chi connectivity index (χ1v) is 11.0. The summed E-state index contributed by atoms with van der Waals surface area (Å²) in [6, 6.07) is 18.2. The first-order valence-electron chi connectivity index (χ1n) is 11.0. The molecule has 0 radical (unpaired) electrons. The van der Waals surface area contributed by atoms with E-state index >= 15 is 0 Å². The lowest BCUT2D eigenvalue weighted by molar-refractivity contribution is -0.132. The van der Waals surface area contributed by atoms with Crippen LogP contribution < -0.4 is 5.01 Å². The molecule has 3 aliphatic rings. The molecule has 2 saturated carbocycles. The Morgan fingerprint density at radius 3 is 2.32 bits per heavy atom. The molecule has 2 aliphatic carbocycles. The predicted octanol–water partition coefficient (Wildman–Crippen LogP) is 4.26. The molecule has 4 atom stereocenters. The van der Waals surface area contributed by atoms with E-state index in [-0.39, 0.29) is 22.9 Å². The van der Waals surface area contributed by atoms with Gasteiger partial charge < -0.3 is 5.11 Å². The molecule has 1 spiro atoms. The van der Waals surface area contributed by atoms with E-state index < -0.39 is 17.4 Å². The maximum atomic E-state index is 14.0. The summed E-state index contributed by atoms with van der Waals surface area (Å²) in [5, 5.41) is 14.0. The molecule has 5 rings (SSSR count). The van der Waals surface area contributed by atoms with Gasteiger partial charge in [0, 0.05) is 5.57 Å². The van der Waals surface area contributed by atoms with Crippen molar-refractivity contribution in [3.63, 3.8) is 0 Å². The Hall–Kier alpha value is -2.92. The van der Waals surface area contributed by atoms with Crippen LogP contribution in [0, 0.1) is 16.7 Å². The van der Waals surface area contributed by atoms with E-state index in [1.165, 1.54) is 0 Å². The van der Waals surface area contributed by atoms with Gasteiger partial charge in [0.05, 0.1) is 17.1 Å². The zero-order valence-corrected chi connectivity index (χ0v) is 18.0. The summed E-state index contributed by atoms with van der Waals surface area (Å²) < 4.78 is 0. The minimum absolute atomic E-state index is 0.0101. The maximum absolute atomic E-state index is 14.0. The average molecular weight is 417 g/mol. The third kappa shape index (κ3) is 2.53. The van der Waals surface area contributed by atoms with Gasteiger partial charge in [-0.3, -0.25) is 9.59 Å². The Morgan fingerprint density at radius 2 is 1.71 bits per heavy atom. The number of fused-ring (bicyclic) bond motifs is 1. The van der Waals surface area contributed by atoms with E-state index in [9.17, 15) is 14.7 Å². The number of aliphatic hydroxyl groups is 1. The van der Waals surface area contributed by atoms with Crippen molar-refractivity contribution in [2.45, 2.75) is 45.3 Å². The number of benzene rings is 2. The second-order valence-corrected chi connectivity index (χ2v) is 9.62. The number of carbonyl (C=O) groups excluding carboxylic acids is 2. The van der Waals surface area contributed by atoms with Crippen LogP contribution in [0.2, 0.25) is 0 Å². The molecule has 3 fully saturated rings. The standard InChI is InChI=1S/C26H28N2O3/c1-17(22(29)18-10-6-4-7-11-18)23(30)28-21-16-19-14-15-26(21,25(19,2)3)24(31)27(28)20-12-8-5-9-13-20/h4-13,19,21-22,29H,1,14-16H2,2-3H3/t19-,21-,22-,26-/m1/s1. The van der Waals surface area contributed by atoms with Gasteiger partial charge >= 0.3 is 0 Å². The van der Waals surface area contributed by atoms with Crippen LogP contribution in [0.4, 0.5) is 5.69 Å². The molecule has 2 aromatic carbocycles. The van der Waals surface area contributed by atoms with Gasteiger partial charge in [0.15, 0.2) is 0 Å². The number of carbonyl (C=O) groups is 2. The molecule has 1 aliphatic heterocycles. The highest BCUT2D eigenvalue weighted by Gasteiger charge is 2.75. The van der Waals surface area contributed by atoms with Crippen molar-refractivity contribution in [2.75, 3.05) is 5.01 Å². The molecular weight excluding hydrogens is 388 g/mol. The van der Waals surface area contributed by atoms with Gasteiger partial charge in [0.1, 0.15) is 6.10 Å². The van der Waals surface area contributed by atoms with Gasteiger partial charge in [0.25, 0.3) is 11.8 Å². The third-order valence-corrected chi connectivity index (χ3v) is 8.15. The molecule has 5 heteroatoms. The topological polar surface area (TPSA) is 60.9 Å². The summed E-state index contributed by atoms with van der Waals surface area (Å²) >= 11 is 0. The smallest absolute Gasteiger partial charge is 0.271 e. The van der Waals surface area contributed by atoms with Crippen LogP contribution in [0.15, 0.2) is 72.8 Å². The summed E-state index contributed by atoms with van der Waals surface area (Å²) in [5.41, 5.74) is 0.584. The highest BCUT2D eigenvalue weighted by molar-refractivity contribution is 6.08. The predicted molar refractivity (Wildman–Crippen MR) is 119 cm³/mol. The fraction of sp³-hybridized carbons (Fsp3) is 0.385. The number of para-hydroxylation sites is 1. The average Bonchev–Trinajstić information content (AvgIpc) is 3.31. The van der Waals surface area contributed by atoms with E-state index in [0.717, 1.165) is 19.3 Å². The van der Waals surface area contributed by atoms with Crippen molar-refractivity contribution in [1.29, 1.82) is 0 Å². The van der Waals surface area contributed by atoms with E-state index in [2.05, 4.69) is 20.4 Å². The minimum atomic E-state index is -1.12. The molecule has 0 unspecified atom stereocenters. The highest BCUT2D eigenvalue weighted by atomic mass is 16.3. The van der Waals surface area contributed by atoms with E-state index in [4.69, 9.17) is 0 Å². The number of amides is 2. The van der Waals surface area contributed by atoms with Crippen LogP contribution in [0.1, 0.15) is 44.8 Å². The lowest BCUT2D eigenvalue weighted by Crippen LogP contribution is -2.48. The SMILES string of the molecule is C=C(C(=O)N1[C@@H]2C[C@H]3CC[C@@]2(C(=O)N1c1ccccc1)C3(C)C)[C@@H](O)c1ccccc1. The van der Waals surface area contributed by atoms with Crippen LogP contribution in [-0.2, 0) is 9.59 Å². The summed E-state index contributed by atoms with van der Waals surface area (Å²) in [6.07, 6.45) is 1.47. The van der Waals surface area contributed by atoms with Crippen molar-refractivity contribution >= 4 is 17.5 Å². The molecule has 1 heterocycles. The molecule has 2 bridgehead atoms. The Kier molecular flexibility index (Phi) is 4.38. The highest BCUT2D eigenvalue weighted by Crippen LogP contribution is 2.70. The van der Waals surface area contributed by atoms with Crippen molar-refractivity contribution in [1.82, 2.24) is 5.01 Å². The van der Waals surface area contributed by atoms with E-state index in [1.54, 1.807) is 22.2 Å². The van der Waals surface area contributed by atoms with Crippen LogP contribution in [-0.4, -0.2) is 28.0 Å². The van der Waals surface area contributed by atoms with Gasteiger partial charge in [-0.15, -0.1) is 0 Å². The molecule has 1 N–H and O–H groups in total. The van der Waals surface area contributed by atoms with Gasteiger partial charge in [-0.05, 0) is 48.3 Å². The largest absolute Gasteiger partial charge is 0.383 e. The van der Waals surface area contributed by atoms with Crippen LogP contribution in [0.3, 0.4) is 0 Å². The number of hydrogen-bond acceptors (Lipinski definition) is 3. The van der Waals surface area contributed by atoms with E-state index in [1.807, 2.05) is 48.5 Å². The van der Waals surface area contributed by atoms with E-state index in [0.29, 0.717) is 17.2 Å². The zero-order chi connectivity index (χ0) is 22.0. The fourth-order valence-corrected chi connectivity index (χ4v) is 6.33. The van der Waals surface area contributed by atoms with Crippen molar-refractivity contribution in [3.05, 3.63) is 78.4 Å². The first-order chi connectivity index (χ1) is 14.8. The molecule has 2 amide bonds. The summed E-state index contributed by atoms with van der Waals surface area (Å²) in [6.45, 7) is 8.31. The quantitative estimate of drug-likeness (QED) is 0.758. The van der Waals surface area contributed by atoms with Gasteiger partial charge in [-0.1, -0.05) is 69.0 Å².